The average molecular weight is 519 g/mol. The largest absolute Gasteiger partial charge is 0.444 e. The van der Waals surface area contributed by atoms with Crippen molar-refractivity contribution in [1.29, 1.82) is 0 Å². The molecule has 7 heteroatoms. The van der Waals surface area contributed by atoms with Crippen LogP contribution in [-0.4, -0.2) is 66.7 Å². The first kappa shape index (κ1) is 26.5. The number of ether oxygens (including phenoxy) is 1. The van der Waals surface area contributed by atoms with Gasteiger partial charge in [0.25, 0.3) is 0 Å². The molecule has 2 unspecified atom stereocenters. The summed E-state index contributed by atoms with van der Waals surface area (Å²) in [6.45, 7) is 7.01. The van der Waals surface area contributed by atoms with Crippen molar-refractivity contribution >= 4 is 12.0 Å². The van der Waals surface area contributed by atoms with Crippen LogP contribution in [0.3, 0.4) is 0 Å². The first-order chi connectivity index (χ1) is 18.1. The zero-order valence-electron chi connectivity index (χ0n) is 23.3. The molecule has 7 nitrogen and oxygen atoms in total. The number of carbonyl (C=O) groups excluding carboxylic acids is 2. The highest BCUT2D eigenvalue weighted by Crippen LogP contribution is 2.52. The number of hydrogen-bond donors (Lipinski definition) is 2. The van der Waals surface area contributed by atoms with Gasteiger partial charge in [-0.3, -0.25) is 4.79 Å². The molecule has 2 N–H and O–H groups in total. The standard InChI is InChI=1S/C31H42N4O3/c1-31(2,3)38-30(37)33-25(15-20-10-7-6-8-11-20)29(36)32-17-21-14-24-23-12-9-13-26-28(23)22(19-35(26)5)16-27(24)34(4)18-21/h6-13,19,21,23-25,27-28H,14-18H2,1-5H3,(H,32,36)(H,33,37)/t21-,23?,24+,25-,27+,28?/m0/s1. The quantitative estimate of drug-likeness (QED) is 0.593. The number of hydrogen-bond acceptors (Lipinski definition) is 5. The second-order valence-corrected chi connectivity index (χ2v) is 12.5. The third kappa shape index (κ3) is 5.68. The fourth-order valence-electron chi connectivity index (χ4n) is 6.91. The predicted molar refractivity (Wildman–Crippen MR) is 149 cm³/mol. The molecule has 6 atom stereocenters. The van der Waals surface area contributed by atoms with Gasteiger partial charge in [0.15, 0.2) is 0 Å². The van der Waals surface area contributed by atoms with Crippen LogP contribution in [0.15, 0.2) is 66.0 Å². The van der Waals surface area contributed by atoms with E-state index in [0.29, 0.717) is 42.7 Å². The molecular weight excluding hydrogens is 476 g/mol. The molecule has 0 aromatic heterocycles. The molecule has 2 aliphatic carbocycles. The molecule has 204 valence electrons. The molecule has 2 amide bonds. The minimum atomic E-state index is -0.702. The van der Waals surface area contributed by atoms with Crippen LogP contribution >= 0.6 is 0 Å². The van der Waals surface area contributed by atoms with Gasteiger partial charge in [-0.2, -0.15) is 0 Å². The number of carbonyl (C=O) groups is 2. The van der Waals surface area contributed by atoms with Gasteiger partial charge < -0.3 is 25.2 Å². The molecule has 1 aromatic carbocycles. The normalized spacial score (nSPS) is 29.0. The lowest BCUT2D eigenvalue weighted by Crippen LogP contribution is -2.55. The maximum absolute atomic E-state index is 13.4. The predicted octanol–water partition coefficient (Wildman–Crippen LogP) is 4.09. The van der Waals surface area contributed by atoms with Gasteiger partial charge in [-0.25, -0.2) is 4.79 Å². The van der Waals surface area contributed by atoms with Crippen LogP contribution in [0.2, 0.25) is 0 Å². The number of piperidine rings is 1. The van der Waals surface area contributed by atoms with Crippen LogP contribution in [0, 0.1) is 23.7 Å². The second-order valence-electron chi connectivity index (χ2n) is 12.5. The van der Waals surface area contributed by atoms with E-state index in [0.717, 1.165) is 24.9 Å². The summed E-state index contributed by atoms with van der Waals surface area (Å²) in [5.41, 5.74) is 3.34. The highest BCUT2D eigenvalue weighted by Gasteiger charge is 2.49. The van der Waals surface area contributed by atoms with Crippen molar-refractivity contribution in [3.63, 3.8) is 0 Å². The number of fused-ring (bicyclic) bond motifs is 2. The van der Waals surface area contributed by atoms with E-state index in [1.165, 1.54) is 5.70 Å². The Balaban J connectivity index is 1.24. The van der Waals surface area contributed by atoms with Crippen LogP contribution in [0.5, 0.6) is 0 Å². The van der Waals surface area contributed by atoms with Crippen LogP contribution in [0.25, 0.3) is 0 Å². The summed E-state index contributed by atoms with van der Waals surface area (Å²) in [4.78, 5) is 30.7. The molecule has 5 rings (SSSR count). The smallest absolute Gasteiger partial charge is 0.408 e. The molecule has 2 heterocycles. The van der Waals surface area contributed by atoms with E-state index in [1.807, 2.05) is 51.1 Å². The number of likely N-dealkylation sites (tertiary alicyclic amines) is 1. The van der Waals surface area contributed by atoms with Gasteiger partial charge in [-0.05, 0) is 75.6 Å². The SMILES string of the molecule is CN1C=C2C[C@@H]3[C@H](C[C@@H](CNC(=O)[C@H](Cc4ccccc4)NC(=O)OC(C)(C)C)CN3C)C3C=CC=C1C23. The Morgan fingerprint density at radius 2 is 1.92 bits per heavy atom. The van der Waals surface area contributed by atoms with E-state index >= 15 is 0 Å². The van der Waals surface area contributed by atoms with Gasteiger partial charge in [0.1, 0.15) is 11.6 Å². The van der Waals surface area contributed by atoms with E-state index in [2.05, 4.69) is 59.0 Å². The van der Waals surface area contributed by atoms with Crippen molar-refractivity contribution in [2.24, 2.45) is 23.7 Å². The Morgan fingerprint density at radius 3 is 2.66 bits per heavy atom. The van der Waals surface area contributed by atoms with E-state index in [9.17, 15) is 9.59 Å². The molecular formula is C31H42N4O3. The maximum atomic E-state index is 13.4. The fourth-order valence-corrected chi connectivity index (χ4v) is 6.91. The van der Waals surface area contributed by atoms with Crippen molar-refractivity contribution in [3.8, 4) is 0 Å². The molecule has 2 fully saturated rings. The lowest BCUT2D eigenvalue weighted by atomic mass is 9.61. The Hall–Kier alpha value is -3.06. The monoisotopic (exact) mass is 518 g/mol. The van der Waals surface area contributed by atoms with Gasteiger partial charge in [0.2, 0.25) is 5.91 Å². The van der Waals surface area contributed by atoms with Crippen LogP contribution < -0.4 is 10.6 Å². The number of amides is 2. The van der Waals surface area contributed by atoms with E-state index < -0.39 is 17.7 Å². The molecule has 38 heavy (non-hydrogen) atoms. The zero-order chi connectivity index (χ0) is 27.0. The summed E-state index contributed by atoms with van der Waals surface area (Å²) in [5.74, 6) is 1.76. The van der Waals surface area contributed by atoms with Crippen molar-refractivity contribution in [1.82, 2.24) is 20.4 Å². The molecule has 0 bridgehead atoms. The number of nitrogens with zero attached hydrogens (tertiary/aromatic N) is 2. The molecule has 0 spiro atoms. The van der Waals surface area contributed by atoms with Gasteiger partial charge >= 0.3 is 6.09 Å². The maximum Gasteiger partial charge on any atom is 0.408 e. The molecule has 0 radical (unpaired) electrons. The first-order valence-corrected chi connectivity index (χ1v) is 13.9. The van der Waals surface area contributed by atoms with Gasteiger partial charge in [-0.15, -0.1) is 0 Å². The molecule has 1 saturated heterocycles. The third-order valence-electron chi connectivity index (χ3n) is 8.48. The second kappa shape index (κ2) is 10.6. The Morgan fingerprint density at radius 1 is 1.16 bits per heavy atom. The number of nitrogens with one attached hydrogen (secondary N) is 2. The van der Waals surface area contributed by atoms with E-state index in [-0.39, 0.29) is 5.91 Å². The summed E-state index contributed by atoms with van der Waals surface area (Å²) in [6, 6.07) is 9.61. The lowest BCUT2D eigenvalue weighted by molar-refractivity contribution is -0.123. The van der Waals surface area contributed by atoms with Crippen molar-refractivity contribution < 1.29 is 14.3 Å². The third-order valence-corrected chi connectivity index (χ3v) is 8.48. The van der Waals surface area contributed by atoms with Gasteiger partial charge in [-0.1, -0.05) is 42.5 Å². The molecule has 4 aliphatic rings. The summed E-state index contributed by atoms with van der Waals surface area (Å²) in [7, 11) is 4.40. The highest BCUT2D eigenvalue weighted by molar-refractivity contribution is 5.86. The van der Waals surface area contributed by atoms with Crippen molar-refractivity contribution in [3.05, 3.63) is 71.6 Å². The average Bonchev–Trinajstić information content (AvgIpc) is 3.18. The Bertz CT molecular complexity index is 1140. The summed E-state index contributed by atoms with van der Waals surface area (Å²) < 4.78 is 5.45. The van der Waals surface area contributed by atoms with E-state index in [1.54, 1.807) is 5.57 Å². The Kier molecular flexibility index (Phi) is 7.40. The number of allylic oxidation sites excluding steroid dienone is 4. The number of rotatable bonds is 6. The van der Waals surface area contributed by atoms with Crippen molar-refractivity contribution in [2.75, 3.05) is 27.2 Å². The zero-order valence-corrected chi connectivity index (χ0v) is 23.3. The fraction of sp³-hybridized carbons (Fsp3) is 0.548. The van der Waals surface area contributed by atoms with E-state index in [4.69, 9.17) is 4.74 Å². The highest BCUT2D eigenvalue weighted by atomic mass is 16.6. The lowest BCUT2D eigenvalue weighted by Gasteiger charge is -2.51. The summed E-state index contributed by atoms with van der Waals surface area (Å²) >= 11 is 0. The number of alkyl carbamates (subject to hydrolysis) is 1. The topological polar surface area (TPSA) is 73.9 Å². The van der Waals surface area contributed by atoms with Crippen molar-refractivity contribution in [2.45, 2.75) is 57.7 Å². The van der Waals surface area contributed by atoms with Crippen LogP contribution in [0.1, 0.15) is 39.2 Å². The summed E-state index contributed by atoms with van der Waals surface area (Å²) in [5, 5.41) is 5.99. The minimum Gasteiger partial charge on any atom is -0.444 e. The van der Waals surface area contributed by atoms with Gasteiger partial charge in [0.05, 0.1) is 0 Å². The molecule has 2 aliphatic heterocycles. The number of benzene rings is 1. The van der Waals surface area contributed by atoms with Gasteiger partial charge in [0, 0.05) is 50.4 Å². The van der Waals surface area contributed by atoms with Crippen LogP contribution in [0.4, 0.5) is 4.79 Å². The molecule has 1 aromatic rings. The molecule has 1 saturated carbocycles. The Labute approximate surface area is 227 Å². The summed E-state index contributed by atoms with van der Waals surface area (Å²) in [6.07, 6.45) is 11.3. The van der Waals surface area contributed by atoms with Crippen LogP contribution in [-0.2, 0) is 16.0 Å². The first-order valence-electron chi connectivity index (χ1n) is 13.9. The minimum absolute atomic E-state index is 0.168.